The first-order valence-electron chi connectivity index (χ1n) is 7.40. The molecule has 1 N–H and O–H groups in total. The Labute approximate surface area is 119 Å². The van der Waals surface area contributed by atoms with Crippen LogP contribution in [0, 0.1) is 0 Å². The second kappa shape index (κ2) is 12.4. The lowest BCUT2D eigenvalue weighted by molar-refractivity contribution is -0.119. The minimum atomic E-state index is 0. The van der Waals surface area contributed by atoms with Gasteiger partial charge in [0.25, 0.3) is 0 Å². The Morgan fingerprint density at radius 2 is 1.74 bits per heavy atom. The molecule has 0 spiro atoms. The van der Waals surface area contributed by atoms with Gasteiger partial charge in [-0.25, -0.2) is 0 Å². The summed E-state index contributed by atoms with van der Waals surface area (Å²) in [6.45, 7) is 13.6. The first-order valence-corrected chi connectivity index (χ1v) is 7.40. The molecule has 0 bridgehead atoms. The van der Waals surface area contributed by atoms with Gasteiger partial charge >= 0.3 is 0 Å². The van der Waals surface area contributed by atoms with Crippen LogP contribution >= 0.6 is 0 Å². The van der Waals surface area contributed by atoms with Crippen molar-refractivity contribution in [2.45, 2.75) is 27.2 Å². The second-order valence-electron chi connectivity index (χ2n) is 4.51. The van der Waals surface area contributed by atoms with Crippen LogP contribution < -0.4 is 5.32 Å². The fourth-order valence-corrected chi connectivity index (χ4v) is 2.08. The molecule has 0 unspecified atom stereocenters. The van der Waals surface area contributed by atoms with E-state index in [9.17, 15) is 4.79 Å². The number of rotatable bonds is 6. The molecule has 0 saturated carbocycles. The molecule has 0 atom stereocenters. The van der Waals surface area contributed by atoms with E-state index in [1.54, 1.807) is 14.0 Å². The van der Waals surface area contributed by atoms with Gasteiger partial charge in [-0.15, -0.1) is 0 Å². The van der Waals surface area contributed by atoms with Crippen molar-refractivity contribution in [3.8, 4) is 0 Å². The van der Waals surface area contributed by atoms with E-state index in [-0.39, 0.29) is 7.33 Å². The van der Waals surface area contributed by atoms with Crippen LogP contribution in [0.15, 0.2) is 0 Å². The number of carbonyl (C=O) groups excluding carboxylic acids is 1. The Bertz CT molecular complexity index is 230. The summed E-state index contributed by atoms with van der Waals surface area (Å²) in [5.41, 5.74) is 0. The lowest BCUT2D eigenvalue weighted by atomic mass is 10.4. The highest BCUT2D eigenvalue weighted by Gasteiger charge is 2.13. The van der Waals surface area contributed by atoms with Gasteiger partial charge in [0.05, 0.1) is 6.61 Å². The Morgan fingerprint density at radius 1 is 1.16 bits per heavy atom. The van der Waals surface area contributed by atoms with Gasteiger partial charge in [0, 0.05) is 48.2 Å². The standard InChI is InChI=1S/C12H25N3O2.C2H6.H2/c1-12(16)13-4-7-14-5-3-6-15(9-8-14)10-11-17-2;1-2;/h3-11H2,1-2H3,(H,13,16);1-2H3;1H. The van der Waals surface area contributed by atoms with Crippen molar-refractivity contribution in [1.29, 1.82) is 0 Å². The Balaban J connectivity index is 0. The minimum Gasteiger partial charge on any atom is -0.383 e. The summed E-state index contributed by atoms with van der Waals surface area (Å²) in [4.78, 5) is 15.6. The molecule has 5 nitrogen and oxygen atoms in total. The van der Waals surface area contributed by atoms with E-state index in [1.807, 2.05) is 13.8 Å². The van der Waals surface area contributed by atoms with Gasteiger partial charge in [-0.2, -0.15) is 0 Å². The molecule has 1 saturated heterocycles. The highest BCUT2D eigenvalue weighted by molar-refractivity contribution is 5.72. The fraction of sp³-hybridized carbons (Fsp3) is 0.929. The van der Waals surface area contributed by atoms with Crippen molar-refractivity contribution in [3.63, 3.8) is 0 Å². The van der Waals surface area contributed by atoms with E-state index in [2.05, 4.69) is 15.1 Å². The second-order valence-corrected chi connectivity index (χ2v) is 4.51. The molecular weight excluding hydrogens is 242 g/mol. The monoisotopic (exact) mass is 275 g/mol. The molecule has 0 aromatic carbocycles. The molecule has 1 rings (SSSR count). The summed E-state index contributed by atoms with van der Waals surface area (Å²) >= 11 is 0. The number of hydrogen-bond donors (Lipinski definition) is 1. The minimum absolute atomic E-state index is 0. The molecule has 0 aromatic rings. The molecular formula is C14H33N3O2. The SMILES string of the molecule is CC.COCCN1CCCN(CCNC(C)=O)CC1.[HH]. The highest BCUT2D eigenvalue weighted by atomic mass is 16.5. The third-order valence-electron chi connectivity index (χ3n) is 3.09. The lowest BCUT2D eigenvalue weighted by Gasteiger charge is -2.21. The van der Waals surface area contributed by atoms with Crippen LogP contribution in [0.2, 0.25) is 0 Å². The first kappa shape index (κ1) is 18.4. The van der Waals surface area contributed by atoms with Crippen LogP contribution in [0.25, 0.3) is 0 Å². The largest absolute Gasteiger partial charge is 0.383 e. The third-order valence-corrected chi connectivity index (χ3v) is 3.09. The quantitative estimate of drug-likeness (QED) is 0.787. The van der Waals surface area contributed by atoms with E-state index in [0.29, 0.717) is 0 Å². The smallest absolute Gasteiger partial charge is 0.216 e. The summed E-state index contributed by atoms with van der Waals surface area (Å²) in [7, 11) is 1.75. The number of carbonyl (C=O) groups is 1. The maximum absolute atomic E-state index is 10.8. The Morgan fingerprint density at radius 3 is 2.26 bits per heavy atom. The van der Waals surface area contributed by atoms with Crippen LogP contribution in [0.1, 0.15) is 28.6 Å². The fourth-order valence-electron chi connectivity index (χ4n) is 2.08. The Kier molecular flexibility index (Phi) is 12.0. The molecule has 1 fully saturated rings. The van der Waals surface area contributed by atoms with Gasteiger partial charge in [-0.05, 0) is 19.5 Å². The summed E-state index contributed by atoms with van der Waals surface area (Å²) in [6, 6.07) is 0. The zero-order chi connectivity index (χ0) is 14.5. The molecule has 1 aliphatic rings. The molecule has 5 heteroatoms. The molecule has 0 aromatic heterocycles. The maximum Gasteiger partial charge on any atom is 0.216 e. The number of amides is 1. The van der Waals surface area contributed by atoms with Crippen LogP contribution in [-0.4, -0.2) is 75.2 Å². The Hall–Kier alpha value is -0.650. The van der Waals surface area contributed by atoms with Crippen molar-refractivity contribution in [2.75, 3.05) is 59.5 Å². The molecule has 19 heavy (non-hydrogen) atoms. The van der Waals surface area contributed by atoms with Crippen LogP contribution in [0.5, 0.6) is 0 Å². The summed E-state index contributed by atoms with van der Waals surface area (Å²) < 4.78 is 5.10. The normalized spacial score (nSPS) is 17.3. The van der Waals surface area contributed by atoms with Gasteiger partial charge < -0.3 is 15.0 Å². The molecule has 116 valence electrons. The van der Waals surface area contributed by atoms with Crippen LogP contribution in [-0.2, 0) is 9.53 Å². The topological polar surface area (TPSA) is 44.8 Å². The maximum atomic E-state index is 10.8. The van der Waals surface area contributed by atoms with Gasteiger partial charge in [0.15, 0.2) is 0 Å². The summed E-state index contributed by atoms with van der Waals surface area (Å²) in [5, 5.41) is 2.84. The van der Waals surface area contributed by atoms with Crippen LogP contribution in [0.4, 0.5) is 0 Å². The van der Waals surface area contributed by atoms with Gasteiger partial charge in [-0.1, -0.05) is 13.8 Å². The zero-order valence-electron chi connectivity index (χ0n) is 13.1. The number of nitrogens with zero attached hydrogens (tertiary/aromatic N) is 2. The van der Waals surface area contributed by atoms with Crippen molar-refractivity contribution < 1.29 is 11.0 Å². The molecule has 1 aliphatic heterocycles. The number of hydrogen-bond acceptors (Lipinski definition) is 4. The van der Waals surface area contributed by atoms with Gasteiger partial charge in [0.1, 0.15) is 0 Å². The summed E-state index contributed by atoms with van der Waals surface area (Å²) in [6.07, 6.45) is 1.20. The van der Waals surface area contributed by atoms with E-state index in [1.165, 1.54) is 6.42 Å². The van der Waals surface area contributed by atoms with Crippen molar-refractivity contribution >= 4 is 5.91 Å². The number of methoxy groups -OCH3 is 1. The van der Waals surface area contributed by atoms with Crippen LogP contribution in [0.3, 0.4) is 0 Å². The predicted molar refractivity (Wildman–Crippen MR) is 81.5 cm³/mol. The zero-order valence-corrected chi connectivity index (χ0v) is 13.1. The highest BCUT2D eigenvalue weighted by Crippen LogP contribution is 2.02. The molecule has 1 heterocycles. The number of nitrogens with one attached hydrogen (secondary N) is 1. The van der Waals surface area contributed by atoms with Gasteiger partial charge in [0.2, 0.25) is 5.91 Å². The van der Waals surface area contributed by atoms with Gasteiger partial charge in [-0.3, -0.25) is 9.69 Å². The lowest BCUT2D eigenvalue weighted by Crippen LogP contribution is -2.37. The summed E-state index contributed by atoms with van der Waals surface area (Å²) in [5.74, 6) is 0.0570. The average Bonchev–Trinajstić information content (AvgIpc) is 2.64. The van der Waals surface area contributed by atoms with E-state index in [0.717, 1.165) is 52.4 Å². The van der Waals surface area contributed by atoms with Crippen molar-refractivity contribution in [2.24, 2.45) is 0 Å². The molecule has 0 aliphatic carbocycles. The van der Waals surface area contributed by atoms with Crippen molar-refractivity contribution in [3.05, 3.63) is 0 Å². The predicted octanol–water partition coefficient (Wildman–Crippen LogP) is 1.05. The average molecular weight is 275 g/mol. The van der Waals surface area contributed by atoms with E-state index in [4.69, 9.17) is 4.74 Å². The van der Waals surface area contributed by atoms with Crippen molar-refractivity contribution in [1.82, 2.24) is 15.1 Å². The molecule has 1 amide bonds. The van der Waals surface area contributed by atoms with E-state index < -0.39 is 0 Å². The number of ether oxygens (including phenoxy) is 1. The van der Waals surface area contributed by atoms with E-state index >= 15 is 0 Å². The third kappa shape index (κ3) is 9.87. The first-order chi connectivity index (χ1) is 9.22. The molecule has 0 radical (unpaired) electrons.